The van der Waals surface area contributed by atoms with Gasteiger partial charge < -0.3 is 20.6 Å². The van der Waals surface area contributed by atoms with E-state index < -0.39 is 23.8 Å². The molecule has 0 saturated carbocycles. The molecule has 0 aliphatic heterocycles. The average Bonchev–Trinajstić information content (AvgIpc) is 2.87. The van der Waals surface area contributed by atoms with Crippen molar-refractivity contribution in [2.75, 3.05) is 0 Å². The van der Waals surface area contributed by atoms with Crippen LogP contribution in [0.15, 0.2) is 36.4 Å². The fourth-order valence-electron chi connectivity index (χ4n) is 2.43. The van der Waals surface area contributed by atoms with E-state index in [-0.39, 0.29) is 24.7 Å². The van der Waals surface area contributed by atoms with Gasteiger partial charge in [0, 0.05) is 35.3 Å². The summed E-state index contributed by atoms with van der Waals surface area (Å²) in [7, 11) is 0. The lowest BCUT2D eigenvalue weighted by Gasteiger charge is -2.22. The number of nitrogens with one attached hydrogen (secondary N) is 1. The third kappa shape index (κ3) is 4.90. The Hall–Kier alpha value is -2.67. The topological polar surface area (TPSA) is 112 Å². The molecule has 4 N–H and O–H groups in total. The molecule has 25 heavy (non-hydrogen) atoms. The number of amides is 1. The molecular formula is C17H19ClN2O5. The molecule has 0 spiro atoms. The lowest BCUT2D eigenvalue weighted by Crippen LogP contribution is -2.40. The number of rotatable bonds is 7. The van der Waals surface area contributed by atoms with Crippen LogP contribution >= 0.6 is 11.6 Å². The first-order valence-electron chi connectivity index (χ1n) is 7.64. The van der Waals surface area contributed by atoms with E-state index in [0.29, 0.717) is 10.6 Å². The predicted octanol–water partition coefficient (Wildman–Crippen LogP) is 2.46. The Bertz CT molecular complexity index is 737. The summed E-state index contributed by atoms with van der Waals surface area (Å²) in [5, 5.41) is 31.9. The van der Waals surface area contributed by atoms with Crippen molar-refractivity contribution in [1.82, 2.24) is 9.88 Å². The molecule has 0 bridgehead atoms. The van der Waals surface area contributed by atoms with Crippen molar-refractivity contribution in [1.29, 1.82) is 0 Å². The van der Waals surface area contributed by atoms with Crippen molar-refractivity contribution in [3.63, 3.8) is 0 Å². The number of aromatic nitrogens is 1. The van der Waals surface area contributed by atoms with Crippen LogP contribution in [-0.2, 0) is 11.3 Å². The molecule has 0 radical (unpaired) electrons. The first-order chi connectivity index (χ1) is 11.8. The van der Waals surface area contributed by atoms with Crippen LogP contribution < -0.4 is 5.32 Å². The van der Waals surface area contributed by atoms with Gasteiger partial charge in [-0.3, -0.25) is 14.2 Å². The molecule has 0 aliphatic rings. The maximum absolute atomic E-state index is 12.4. The molecule has 7 nitrogen and oxygen atoms in total. The number of hydrogen-bond donors (Lipinski definition) is 4. The first-order valence-corrected chi connectivity index (χ1v) is 8.02. The van der Waals surface area contributed by atoms with Crippen LogP contribution in [0.2, 0.25) is 5.02 Å². The molecule has 2 aromatic rings. The van der Waals surface area contributed by atoms with E-state index in [2.05, 4.69) is 5.32 Å². The third-order valence-electron chi connectivity index (χ3n) is 3.84. The van der Waals surface area contributed by atoms with Crippen LogP contribution in [0.5, 0.6) is 11.8 Å². The number of aromatic hydroxyl groups is 2. The minimum atomic E-state index is -0.994. The molecule has 0 aliphatic carbocycles. The van der Waals surface area contributed by atoms with Gasteiger partial charge in [-0.1, -0.05) is 18.5 Å². The van der Waals surface area contributed by atoms with Crippen molar-refractivity contribution in [3.8, 4) is 11.8 Å². The van der Waals surface area contributed by atoms with Gasteiger partial charge in [0.1, 0.15) is 0 Å². The number of carbonyl (C=O) groups is 2. The van der Waals surface area contributed by atoms with Gasteiger partial charge in [0.2, 0.25) is 0 Å². The van der Waals surface area contributed by atoms with E-state index in [9.17, 15) is 19.8 Å². The Labute approximate surface area is 149 Å². The quantitative estimate of drug-likeness (QED) is 0.601. The van der Waals surface area contributed by atoms with Crippen LogP contribution in [-0.4, -0.2) is 37.8 Å². The minimum absolute atomic E-state index is 0.0294. The molecule has 1 amide bonds. The smallest absolute Gasteiger partial charge is 0.306 e. The fourth-order valence-corrected chi connectivity index (χ4v) is 2.56. The van der Waals surface area contributed by atoms with Crippen LogP contribution in [0.1, 0.15) is 23.7 Å². The summed E-state index contributed by atoms with van der Waals surface area (Å²) >= 11 is 5.80. The summed E-state index contributed by atoms with van der Waals surface area (Å²) < 4.78 is 1.20. The highest BCUT2D eigenvalue weighted by Crippen LogP contribution is 2.23. The van der Waals surface area contributed by atoms with Gasteiger partial charge in [-0.15, -0.1) is 0 Å². The Morgan fingerprint density at radius 3 is 2.20 bits per heavy atom. The van der Waals surface area contributed by atoms with Gasteiger partial charge in [0.25, 0.3) is 5.91 Å². The largest absolute Gasteiger partial charge is 0.494 e. The fraction of sp³-hybridized carbons (Fsp3) is 0.294. The van der Waals surface area contributed by atoms with Crippen LogP contribution in [0.3, 0.4) is 0 Å². The molecule has 2 atom stereocenters. The molecule has 8 heteroatoms. The predicted molar refractivity (Wildman–Crippen MR) is 91.9 cm³/mol. The monoisotopic (exact) mass is 366 g/mol. The molecule has 0 fully saturated rings. The van der Waals surface area contributed by atoms with Crippen LogP contribution in [0, 0.1) is 5.92 Å². The van der Waals surface area contributed by atoms with E-state index in [4.69, 9.17) is 16.7 Å². The van der Waals surface area contributed by atoms with Gasteiger partial charge in [-0.05, 0) is 30.7 Å². The average molecular weight is 367 g/mol. The van der Waals surface area contributed by atoms with E-state index in [1.807, 2.05) is 0 Å². The number of aliphatic carboxylic acids is 1. The maximum atomic E-state index is 12.4. The van der Waals surface area contributed by atoms with Gasteiger partial charge in [0.05, 0.1) is 5.92 Å². The maximum Gasteiger partial charge on any atom is 0.306 e. The molecule has 1 aromatic carbocycles. The Balaban J connectivity index is 2.17. The van der Waals surface area contributed by atoms with Crippen molar-refractivity contribution in [3.05, 3.63) is 47.0 Å². The van der Waals surface area contributed by atoms with Crippen LogP contribution in [0.4, 0.5) is 0 Å². The number of benzene rings is 1. The van der Waals surface area contributed by atoms with E-state index in [1.54, 1.807) is 24.3 Å². The number of nitrogens with zero attached hydrogens (tertiary/aromatic N) is 1. The number of hydrogen-bond acceptors (Lipinski definition) is 4. The number of halogens is 1. The van der Waals surface area contributed by atoms with Crippen molar-refractivity contribution in [2.24, 2.45) is 5.92 Å². The van der Waals surface area contributed by atoms with Gasteiger partial charge in [-0.2, -0.15) is 0 Å². The number of carbonyl (C=O) groups excluding carboxylic acids is 1. The number of carboxylic acids is 1. The summed E-state index contributed by atoms with van der Waals surface area (Å²) in [5.41, 5.74) is 0.373. The highest BCUT2D eigenvalue weighted by Gasteiger charge is 2.22. The molecule has 0 saturated heterocycles. The Kier molecular flexibility index (Phi) is 5.93. The molecule has 0 unspecified atom stereocenters. The molecule has 134 valence electrons. The zero-order valence-electron chi connectivity index (χ0n) is 13.5. The van der Waals surface area contributed by atoms with Gasteiger partial charge >= 0.3 is 5.97 Å². The third-order valence-corrected chi connectivity index (χ3v) is 4.09. The SMILES string of the molecule is C[C@@H](C[C@@H](Cn1c(O)ccc1O)NC(=O)c1ccc(Cl)cc1)C(=O)O. The lowest BCUT2D eigenvalue weighted by molar-refractivity contribution is -0.141. The van der Waals surface area contributed by atoms with E-state index in [1.165, 1.54) is 23.6 Å². The van der Waals surface area contributed by atoms with E-state index in [0.717, 1.165) is 0 Å². The molecular weight excluding hydrogens is 348 g/mol. The Morgan fingerprint density at radius 2 is 1.68 bits per heavy atom. The molecule has 1 heterocycles. The molecule has 2 rings (SSSR count). The molecule has 1 aromatic heterocycles. The summed E-state index contributed by atoms with van der Waals surface area (Å²) in [6.45, 7) is 1.56. The zero-order valence-corrected chi connectivity index (χ0v) is 14.3. The summed E-state index contributed by atoms with van der Waals surface area (Å²) in [4.78, 5) is 23.5. The lowest BCUT2D eigenvalue weighted by atomic mass is 10.0. The van der Waals surface area contributed by atoms with Gasteiger partial charge in [0.15, 0.2) is 11.8 Å². The summed E-state index contributed by atoms with van der Waals surface area (Å²) in [6.07, 6.45) is 0.131. The van der Waals surface area contributed by atoms with E-state index >= 15 is 0 Å². The van der Waals surface area contributed by atoms with Crippen molar-refractivity contribution < 1.29 is 24.9 Å². The highest BCUT2D eigenvalue weighted by molar-refractivity contribution is 6.30. The number of carboxylic acid groups (broad SMARTS) is 1. The second kappa shape index (κ2) is 7.94. The minimum Gasteiger partial charge on any atom is -0.494 e. The second-order valence-electron chi connectivity index (χ2n) is 5.81. The standard InChI is InChI=1S/C17H19ClN2O5/c1-10(17(24)25)8-13(9-20-14(21)6-7-15(20)22)19-16(23)11-2-4-12(18)5-3-11/h2-7,10,13,21-22H,8-9H2,1H3,(H,19,23)(H,24,25)/t10-,13-/m0/s1. The zero-order chi connectivity index (χ0) is 18.6. The highest BCUT2D eigenvalue weighted by atomic mass is 35.5. The van der Waals surface area contributed by atoms with Crippen molar-refractivity contribution >= 4 is 23.5 Å². The summed E-state index contributed by atoms with van der Waals surface area (Å²) in [5.74, 6) is -2.45. The normalized spacial score (nSPS) is 13.2. The Morgan fingerprint density at radius 1 is 1.12 bits per heavy atom. The second-order valence-corrected chi connectivity index (χ2v) is 6.25. The van der Waals surface area contributed by atoms with Crippen molar-refractivity contribution in [2.45, 2.75) is 25.9 Å². The summed E-state index contributed by atoms with van der Waals surface area (Å²) in [6, 6.07) is 8.28. The van der Waals surface area contributed by atoms with Crippen LogP contribution in [0.25, 0.3) is 0 Å². The van der Waals surface area contributed by atoms with Gasteiger partial charge in [-0.25, -0.2) is 0 Å². The first kappa shape index (κ1) is 18.7.